The molecule has 0 saturated carbocycles. The van der Waals surface area contributed by atoms with Crippen LogP contribution in [0.25, 0.3) is 0 Å². The lowest BCUT2D eigenvalue weighted by Gasteiger charge is -2.13. The number of nitrogens with one attached hydrogen (secondary N) is 1. The Labute approximate surface area is 102 Å². The highest BCUT2D eigenvalue weighted by Crippen LogP contribution is 2.12. The summed E-state index contributed by atoms with van der Waals surface area (Å²) in [5.41, 5.74) is 0. The molecule has 1 N–H and O–H groups in total. The predicted molar refractivity (Wildman–Crippen MR) is 64.2 cm³/mol. The zero-order valence-corrected chi connectivity index (χ0v) is 10.8. The average molecular weight is 239 g/mol. The van der Waals surface area contributed by atoms with Crippen LogP contribution in [0.5, 0.6) is 0 Å². The quantitative estimate of drug-likeness (QED) is 0.792. The van der Waals surface area contributed by atoms with Gasteiger partial charge in [-0.3, -0.25) is 4.79 Å². The molecular weight excluding hydrogens is 218 g/mol. The van der Waals surface area contributed by atoms with Crippen molar-refractivity contribution in [3.8, 4) is 0 Å². The van der Waals surface area contributed by atoms with Gasteiger partial charge in [-0.05, 0) is 19.8 Å². The minimum Gasteiger partial charge on any atom is -0.347 e. The van der Waals surface area contributed by atoms with E-state index in [-0.39, 0.29) is 11.8 Å². The Balaban J connectivity index is 2.36. The van der Waals surface area contributed by atoms with Crippen molar-refractivity contribution >= 4 is 5.91 Å². The summed E-state index contributed by atoms with van der Waals surface area (Å²) in [6, 6.07) is 0. The number of amides is 1. The number of hydrogen-bond acceptors (Lipinski definition) is 4. The van der Waals surface area contributed by atoms with Gasteiger partial charge in [0.15, 0.2) is 5.82 Å². The Morgan fingerprint density at radius 3 is 2.76 bits per heavy atom. The second-order valence-electron chi connectivity index (χ2n) is 4.20. The van der Waals surface area contributed by atoms with Crippen molar-refractivity contribution in [3.05, 3.63) is 11.7 Å². The highest BCUT2D eigenvalue weighted by atomic mass is 16.5. The summed E-state index contributed by atoms with van der Waals surface area (Å²) in [5, 5.41) is 6.51. The zero-order valence-electron chi connectivity index (χ0n) is 10.8. The smallest absolute Gasteiger partial charge is 0.246 e. The van der Waals surface area contributed by atoms with Crippen LogP contribution >= 0.6 is 0 Å². The van der Waals surface area contributed by atoms with Crippen LogP contribution in [0.1, 0.15) is 51.2 Å². The van der Waals surface area contributed by atoms with Gasteiger partial charge in [0.2, 0.25) is 11.8 Å². The van der Waals surface area contributed by atoms with Gasteiger partial charge in [0.25, 0.3) is 0 Å². The zero-order chi connectivity index (χ0) is 12.7. The van der Waals surface area contributed by atoms with Crippen molar-refractivity contribution < 1.29 is 9.32 Å². The van der Waals surface area contributed by atoms with Gasteiger partial charge in [-0.15, -0.1) is 0 Å². The minimum absolute atomic E-state index is 0.0804. The first-order valence-electron chi connectivity index (χ1n) is 6.24. The molecule has 0 saturated heterocycles. The Morgan fingerprint density at radius 1 is 1.47 bits per heavy atom. The van der Waals surface area contributed by atoms with E-state index in [2.05, 4.69) is 22.4 Å². The van der Waals surface area contributed by atoms with Crippen LogP contribution < -0.4 is 5.32 Å². The van der Waals surface area contributed by atoms with E-state index >= 15 is 0 Å². The summed E-state index contributed by atoms with van der Waals surface area (Å²) in [6.07, 6.45) is 4.02. The SMILES string of the molecule is CCCC[C@@H](CC)C(=O)NCc1nc(C)no1. The molecule has 0 fully saturated rings. The molecule has 0 unspecified atom stereocenters. The average Bonchev–Trinajstić information content (AvgIpc) is 2.73. The largest absolute Gasteiger partial charge is 0.347 e. The fourth-order valence-electron chi connectivity index (χ4n) is 1.69. The molecule has 0 aliphatic heterocycles. The first kappa shape index (κ1) is 13.7. The lowest BCUT2D eigenvalue weighted by Crippen LogP contribution is -2.30. The van der Waals surface area contributed by atoms with Crippen LogP contribution in [-0.4, -0.2) is 16.0 Å². The van der Waals surface area contributed by atoms with Gasteiger partial charge in [0.1, 0.15) is 0 Å². The molecule has 0 aliphatic carbocycles. The fraction of sp³-hybridized carbons (Fsp3) is 0.750. The van der Waals surface area contributed by atoms with Crippen molar-refractivity contribution in [3.63, 3.8) is 0 Å². The van der Waals surface area contributed by atoms with Crippen LogP contribution in [0.3, 0.4) is 0 Å². The van der Waals surface area contributed by atoms with E-state index in [4.69, 9.17) is 4.52 Å². The van der Waals surface area contributed by atoms with E-state index in [1.54, 1.807) is 6.92 Å². The Morgan fingerprint density at radius 2 is 2.24 bits per heavy atom. The van der Waals surface area contributed by atoms with Crippen molar-refractivity contribution in [1.29, 1.82) is 0 Å². The molecule has 1 rings (SSSR count). The molecule has 1 amide bonds. The summed E-state index contributed by atoms with van der Waals surface area (Å²) >= 11 is 0. The molecule has 1 atom stereocenters. The molecule has 0 aliphatic rings. The fourth-order valence-corrected chi connectivity index (χ4v) is 1.69. The summed E-state index contributed by atoms with van der Waals surface area (Å²) in [7, 11) is 0. The molecule has 1 aromatic heterocycles. The lowest BCUT2D eigenvalue weighted by molar-refractivity contribution is -0.125. The number of hydrogen-bond donors (Lipinski definition) is 1. The second-order valence-corrected chi connectivity index (χ2v) is 4.20. The highest BCUT2D eigenvalue weighted by Gasteiger charge is 2.16. The highest BCUT2D eigenvalue weighted by molar-refractivity contribution is 5.78. The van der Waals surface area contributed by atoms with E-state index in [1.165, 1.54) is 0 Å². The standard InChI is InChI=1S/C12H21N3O2/c1-4-6-7-10(5-2)12(16)13-8-11-14-9(3)15-17-11/h10H,4-8H2,1-3H3,(H,13,16)/t10-/m1/s1. The molecule has 0 radical (unpaired) electrons. The van der Waals surface area contributed by atoms with Crippen LogP contribution in [-0.2, 0) is 11.3 Å². The topological polar surface area (TPSA) is 68.0 Å². The van der Waals surface area contributed by atoms with Crippen LogP contribution in [0, 0.1) is 12.8 Å². The van der Waals surface area contributed by atoms with Gasteiger partial charge >= 0.3 is 0 Å². The van der Waals surface area contributed by atoms with E-state index in [9.17, 15) is 4.79 Å². The van der Waals surface area contributed by atoms with Gasteiger partial charge in [-0.2, -0.15) is 4.98 Å². The number of carbonyl (C=O) groups is 1. The maximum absolute atomic E-state index is 11.9. The molecule has 5 nitrogen and oxygen atoms in total. The number of aromatic nitrogens is 2. The summed E-state index contributed by atoms with van der Waals surface area (Å²) in [6.45, 7) is 6.25. The number of aryl methyl sites for hydroxylation is 1. The van der Waals surface area contributed by atoms with Gasteiger partial charge in [0.05, 0.1) is 6.54 Å². The maximum Gasteiger partial charge on any atom is 0.246 e. The van der Waals surface area contributed by atoms with E-state index in [0.717, 1.165) is 25.7 Å². The van der Waals surface area contributed by atoms with Crippen LogP contribution in [0.15, 0.2) is 4.52 Å². The molecule has 96 valence electrons. The van der Waals surface area contributed by atoms with E-state index in [0.29, 0.717) is 18.3 Å². The van der Waals surface area contributed by atoms with Gasteiger partial charge in [-0.25, -0.2) is 0 Å². The Bertz CT molecular complexity index is 349. The van der Waals surface area contributed by atoms with E-state index in [1.807, 2.05) is 6.92 Å². The summed E-state index contributed by atoms with van der Waals surface area (Å²) in [5.74, 6) is 1.23. The number of unbranched alkanes of at least 4 members (excludes halogenated alkanes) is 1. The van der Waals surface area contributed by atoms with Crippen LogP contribution in [0.4, 0.5) is 0 Å². The van der Waals surface area contributed by atoms with E-state index < -0.39 is 0 Å². The minimum atomic E-state index is 0.0804. The molecule has 0 spiro atoms. The van der Waals surface area contributed by atoms with Crippen molar-refractivity contribution in [2.45, 2.75) is 53.0 Å². The third kappa shape index (κ3) is 4.54. The molecule has 0 aromatic carbocycles. The molecule has 0 bridgehead atoms. The number of rotatable bonds is 7. The molecule has 1 aromatic rings. The van der Waals surface area contributed by atoms with Crippen molar-refractivity contribution in [2.75, 3.05) is 0 Å². The monoisotopic (exact) mass is 239 g/mol. The first-order chi connectivity index (χ1) is 8.17. The molecule has 17 heavy (non-hydrogen) atoms. The third-order valence-corrected chi connectivity index (χ3v) is 2.75. The normalized spacial score (nSPS) is 12.4. The molecule has 1 heterocycles. The second kappa shape index (κ2) is 7.04. The maximum atomic E-state index is 11.9. The number of nitrogens with zero attached hydrogens (tertiary/aromatic N) is 2. The third-order valence-electron chi connectivity index (χ3n) is 2.75. The lowest BCUT2D eigenvalue weighted by atomic mass is 9.98. The summed E-state index contributed by atoms with van der Waals surface area (Å²) < 4.78 is 4.93. The van der Waals surface area contributed by atoms with Gasteiger partial charge < -0.3 is 9.84 Å². The Hall–Kier alpha value is -1.39. The Kier molecular flexibility index (Phi) is 5.66. The summed E-state index contributed by atoms with van der Waals surface area (Å²) in [4.78, 5) is 15.9. The molecular formula is C12H21N3O2. The molecule has 5 heteroatoms. The number of carbonyl (C=O) groups excluding carboxylic acids is 1. The van der Waals surface area contributed by atoms with Crippen molar-refractivity contribution in [2.24, 2.45) is 5.92 Å². The van der Waals surface area contributed by atoms with Crippen molar-refractivity contribution in [1.82, 2.24) is 15.5 Å². The van der Waals surface area contributed by atoms with Gasteiger partial charge in [0, 0.05) is 5.92 Å². The van der Waals surface area contributed by atoms with Gasteiger partial charge in [-0.1, -0.05) is 31.8 Å². The predicted octanol–water partition coefficient (Wildman–Crippen LogP) is 2.21. The first-order valence-corrected chi connectivity index (χ1v) is 6.24. The van der Waals surface area contributed by atoms with Crippen LogP contribution in [0.2, 0.25) is 0 Å².